The summed E-state index contributed by atoms with van der Waals surface area (Å²) in [5.74, 6) is -2.79. The lowest BCUT2D eigenvalue weighted by atomic mass is 10.3. The lowest BCUT2D eigenvalue weighted by Crippen LogP contribution is -2.09. The smallest absolute Gasteiger partial charge is 0.259 e. The number of alkyl halides is 2. The van der Waals surface area contributed by atoms with Gasteiger partial charge in [0.1, 0.15) is 0 Å². The minimum atomic E-state index is -2.79. The van der Waals surface area contributed by atoms with Gasteiger partial charge in [0, 0.05) is 11.8 Å². The van der Waals surface area contributed by atoms with Gasteiger partial charge < -0.3 is 0 Å². The van der Waals surface area contributed by atoms with Crippen molar-refractivity contribution in [1.82, 2.24) is 0 Å². The Bertz CT molecular complexity index is 158. The van der Waals surface area contributed by atoms with Gasteiger partial charge in [0.25, 0.3) is 0 Å². The number of aliphatic imine (C=N–C) groups is 1. The molecule has 0 N–H and O–H groups in total. The van der Waals surface area contributed by atoms with E-state index in [1.54, 1.807) is 0 Å². The van der Waals surface area contributed by atoms with E-state index in [9.17, 15) is 8.78 Å². The summed E-state index contributed by atoms with van der Waals surface area (Å²) in [4.78, 5) is 3.38. The second kappa shape index (κ2) is 1.37. The molecule has 1 aliphatic rings. The molecule has 44 valence electrons. The minimum Gasteiger partial charge on any atom is -0.259 e. The van der Waals surface area contributed by atoms with Crippen LogP contribution in [0.4, 0.5) is 8.78 Å². The molecule has 0 saturated carbocycles. The monoisotopic (exact) mass is 117 g/mol. The molecule has 0 aromatic carbocycles. The lowest BCUT2D eigenvalue weighted by molar-refractivity contribution is 0.143. The average molecular weight is 117 g/mol. The molecule has 0 atom stereocenters. The zero-order chi connectivity index (χ0) is 6.20. The number of hydrogen-bond donors (Lipinski definition) is 0. The fraction of sp³-hybridized carbons (Fsp3) is 0.400. The van der Waals surface area contributed by atoms with Crippen LogP contribution in [0.2, 0.25) is 0 Å². The summed E-state index contributed by atoms with van der Waals surface area (Å²) in [5.41, 5.74) is 0.384. The summed E-state index contributed by atoms with van der Waals surface area (Å²) in [6.45, 7) is 1.54. The first-order valence-corrected chi connectivity index (χ1v) is 2.23. The first-order chi connectivity index (χ1) is 3.60. The molecule has 1 heterocycles. The second-order valence-electron chi connectivity index (χ2n) is 1.72. The molecule has 0 radical (unpaired) electrons. The van der Waals surface area contributed by atoms with Crippen LogP contribution in [0.3, 0.4) is 0 Å². The van der Waals surface area contributed by atoms with E-state index in [1.807, 2.05) is 0 Å². The fourth-order valence-corrected chi connectivity index (χ4v) is 0.541. The number of rotatable bonds is 0. The van der Waals surface area contributed by atoms with Crippen LogP contribution < -0.4 is 0 Å². The molecular weight excluding hydrogens is 112 g/mol. The summed E-state index contributed by atoms with van der Waals surface area (Å²) >= 11 is 0. The quantitative estimate of drug-likeness (QED) is 0.457. The molecule has 0 spiro atoms. The summed E-state index contributed by atoms with van der Waals surface area (Å²) in [5, 5.41) is 0. The molecule has 1 rings (SSSR count). The number of allylic oxidation sites excluding steroid dienone is 2. The van der Waals surface area contributed by atoms with Crippen molar-refractivity contribution >= 4 is 6.21 Å². The minimum absolute atomic E-state index is 0.384. The van der Waals surface area contributed by atoms with Gasteiger partial charge in [-0.05, 0) is 6.92 Å². The largest absolute Gasteiger partial charge is 0.303 e. The average Bonchev–Trinajstić information content (AvgIpc) is 1.82. The SMILES string of the molecule is CC1=CC(F)(F)C=N1. The predicted octanol–water partition coefficient (Wildman–Crippen LogP) is 1.61. The lowest BCUT2D eigenvalue weighted by Gasteiger charge is -1.95. The normalized spacial score (nSPS) is 23.6. The van der Waals surface area contributed by atoms with E-state index >= 15 is 0 Å². The van der Waals surface area contributed by atoms with Crippen molar-refractivity contribution in [2.45, 2.75) is 12.8 Å². The molecule has 0 fully saturated rings. The second-order valence-corrected chi connectivity index (χ2v) is 1.72. The van der Waals surface area contributed by atoms with Crippen LogP contribution in [0.25, 0.3) is 0 Å². The van der Waals surface area contributed by atoms with Gasteiger partial charge in [0.2, 0.25) is 0 Å². The van der Waals surface area contributed by atoms with Gasteiger partial charge in [-0.3, -0.25) is 4.99 Å². The maximum absolute atomic E-state index is 12.0. The summed E-state index contributed by atoms with van der Waals surface area (Å²) < 4.78 is 23.9. The first-order valence-electron chi connectivity index (χ1n) is 2.23. The Morgan fingerprint density at radius 3 is 2.38 bits per heavy atom. The van der Waals surface area contributed by atoms with Crippen LogP contribution in [0.1, 0.15) is 6.92 Å². The standard InChI is InChI=1S/C5H5F2N/c1-4-2-5(6,7)3-8-4/h2-3H,1H3. The Balaban J connectivity index is 2.84. The molecule has 0 aromatic rings. The van der Waals surface area contributed by atoms with E-state index < -0.39 is 5.92 Å². The number of hydrogen-bond acceptors (Lipinski definition) is 1. The van der Waals surface area contributed by atoms with Crippen LogP contribution in [0.15, 0.2) is 16.8 Å². The van der Waals surface area contributed by atoms with Gasteiger partial charge in [-0.25, -0.2) is 0 Å². The van der Waals surface area contributed by atoms with Crippen molar-refractivity contribution in [2.75, 3.05) is 0 Å². The first kappa shape index (κ1) is 5.41. The molecule has 0 aliphatic carbocycles. The highest BCUT2D eigenvalue weighted by atomic mass is 19.3. The maximum atomic E-state index is 12.0. The summed E-state index contributed by atoms with van der Waals surface area (Å²) in [6.07, 6.45) is 1.47. The molecule has 0 saturated heterocycles. The van der Waals surface area contributed by atoms with E-state index in [1.165, 1.54) is 6.92 Å². The maximum Gasteiger partial charge on any atom is 0.303 e. The van der Waals surface area contributed by atoms with E-state index in [0.29, 0.717) is 11.9 Å². The predicted molar refractivity (Wildman–Crippen MR) is 27.2 cm³/mol. The van der Waals surface area contributed by atoms with Crippen LogP contribution in [0, 0.1) is 0 Å². The topological polar surface area (TPSA) is 12.4 Å². The summed E-state index contributed by atoms with van der Waals surface area (Å²) in [6, 6.07) is 0. The molecule has 0 aromatic heterocycles. The Hall–Kier alpha value is -0.730. The van der Waals surface area contributed by atoms with Crippen molar-refractivity contribution in [3.05, 3.63) is 11.8 Å². The van der Waals surface area contributed by atoms with E-state index in [4.69, 9.17) is 0 Å². The third-order valence-corrected chi connectivity index (χ3v) is 0.842. The van der Waals surface area contributed by atoms with Gasteiger partial charge in [0.15, 0.2) is 0 Å². The van der Waals surface area contributed by atoms with Crippen molar-refractivity contribution < 1.29 is 8.78 Å². The zero-order valence-electron chi connectivity index (χ0n) is 4.36. The Labute approximate surface area is 45.7 Å². The van der Waals surface area contributed by atoms with Gasteiger partial charge >= 0.3 is 5.92 Å². The highest BCUT2D eigenvalue weighted by molar-refractivity contribution is 5.73. The zero-order valence-corrected chi connectivity index (χ0v) is 4.36. The fourth-order valence-electron chi connectivity index (χ4n) is 0.541. The van der Waals surface area contributed by atoms with Gasteiger partial charge in [0.05, 0.1) is 6.21 Å². The Kier molecular flexibility index (Phi) is 0.927. The van der Waals surface area contributed by atoms with Gasteiger partial charge in [-0.2, -0.15) is 8.78 Å². The molecule has 0 bridgehead atoms. The number of halogens is 2. The van der Waals surface area contributed by atoms with E-state index in [0.717, 1.165) is 6.08 Å². The van der Waals surface area contributed by atoms with Crippen LogP contribution in [-0.2, 0) is 0 Å². The molecule has 3 heteroatoms. The van der Waals surface area contributed by atoms with Crippen LogP contribution in [0.5, 0.6) is 0 Å². The van der Waals surface area contributed by atoms with E-state index in [-0.39, 0.29) is 0 Å². The molecule has 1 nitrogen and oxygen atoms in total. The number of nitrogens with zero attached hydrogens (tertiary/aromatic N) is 1. The van der Waals surface area contributed by atoms with Crippen LogP contribution in [-0.4, -0.2) is 12.1 Å². The molecule has 0 unspecified atom stereocenters. The Morgan fingerprint density at radius 2 is 2.25 bits per heavy atom. The molecule has 0 amide bonds. The molecule has 8 heavy (non-hydrogen) atoms. The third kappa shape index (κ3) is 0.911. The third-order valence-electron chi connectivity index (χ3n) is 0.842. The van der Waals surface area contributed by atoms with E-state index in [2.05, 4.69) is 4.99 Å². The molecular formula is C5H5F2N. The summed E-state index contributed by atoms with van der Waals surface area (Å²) in [7, 11) is 0. The Morgan fingerprint density at radius 1 is 1.62 bits per heavy atom. The van der Waals surface area contributed by atoms with Crippen LogP contribution >= 0.6 is 0 Å². The van der Waals surface area contributed by atoms with Crippen molar-refractivity contribution in [3.8, 4) is 0 Å². The highest BCUT2D eigenvalue weighted by Crippen LogP contribution is 2.20. The highest BCUT2D eigenvalue weighted by Gasteiger charge is 2.26. The van der Waals surface area contributed by atoms with Gasteiger partial charge in [-0.15, -0.1) is 0 Å². The van der Waals surface area contributed by atoms with Crippen molar-refractivity contribution in [3.63, 3.8) is 0 Å². The van der Waals surface area contributed by atoms with Crippen molar-refractivity contribution in [2.24, 2.45) is 4.99 Å². The van der Waals surface area contributed by atoms with Crippen molar-refractivity contribution in [1.29, 1.82) is 0 Å². The van der Waals surface area contributed by atoms with Gasteiger partial charge in [-0.1, -0.05) is 0 Å². The molecule has 1 aliphatic heterocycles.